The maximum absolute atomic E-state index is 13.7. The van der Waals surface area contributed by atoms with Crippen LogP contribution in [0.4, 0.5) is 10.1 Å². The first kappa shape index (κ1) is 10.9. The van der Waals surface area contributed by atoms with Gasteiger partial charge >= 0.3 is 0 Å². The van der Waals surface area contributed by atoms with Crippen molar-refractivity contribution in [1.82, 2.24) is 4.98 Å². The lowest BCUT2D eigenvalue weighted by atomic mass is 10.1. The van der Waals surface area contributed by atoms with E-state index in [0.717, 1.165) is 5.56 Å². The predicted octanol–water partition coefficient (Wildman–Crippen LogP) is 3.43. The van der Waals surface area contributed by atoms with E-state index >= 15 is 0 Å². The number of nitrogens with two attached hydrogens (primary N) is 1. The quantitative estimate of drug-likeness (QED) is 0.824. The third-order valence-corrected chi connectivity index (χ3v) is 2.52. The SMILES string of the molecule is Cc1cc(N)cnc1-c1ccc(Cl)cc1F. The number of aromatic nitrogens is 1. The predicted molar refractivity (Wildman–Crippen MR) is 63.8 cm³/mol. The summed E-state index contributed by atoms with van der Waals surface area (Å²) in [5, 5.41) is 0.370. The molecule has 2 aromatic rings. The van der Waals surface area contributed by atoms with Gasteiger partial charge in [-0.3, -0.25) is 4.98 Å². The van der Waals surface area contributed by atoms with E-state index in [1.165, 1.54) is 12.3 Å². The first-order valence-corrected chi connectivity index (χ1v) is 5.13. The van der Waals surface area contributed by atoms with Gasteiger partial charge in [-0.05, 0) is 36.8 Å². The second-order valence-corrected chi connectivity index (χ2v) is 3.99. The highest BCUT2D eigenvalue weighted by atomic mass is 35.5. The van der Waals surface area contributed by atoms with Crippen molar-refractivity contribution in [3.05, 3.63) is 46.9 Å². The molecule has 1 aromatic heterocycles. The van der Waals surface area contributed by atoms with Crippen LogP contribution in [0.5, 0.6) is 0 Å². The summed E-state index contributed by atoms with van der Waals surface area (Å²) in [5.41, 5.74) is 8.01. The average molecular weight is 237 g/mol. The Balaban J connectivity index is 2.59. The summed E-state index contributed by atoms with van der Waals surface area (Å²) < 4.78 is 13.7. The highest BCUT2D eigenvalue weighted by Crippen LogP contribution is 2.26. The molecule has 16 heavy (non-hydrogen) atoms. The van der Waals surface area contributed by atoms with Gasteiger partial charge in [-0.1, -0.05) is 11.6 Å². The van der Waals surface area contributed by atoms with Crippen molar-refractivity contribution < 1.29 is 4.39 Å². The molecule has 2 nitrogen and oxygen atoms in total. The molecule has 2 N–H and O–H groups in total. The minimum atomic E-state index is -0.382. The van der Waals surface area contributed by atoms with Crippen molar-refractivity contribution in [2.75, 3.05) is 5.73 Å². The zero-order valence-electron chi connectivity index (χ0n) is 8.67. The van der Waals surface area contributed by atoms with Gasteiger partial charge in [0.15, 0.2) is 0 Å². The molecular weight excluding hydrogens is 227 g/mol. The molecule has 0 amide bonds. The van der Waals surface area contributed by atoms with Crippen LogP contribution >= 0.6 is 11.6 Å². The average Bonchev–Trinajstić information content (AvgIpc) is 2.19. The number of benzene rings is 1. The lowest BCUT2D eigenvalue weighted by Crippen LogP contribution is -1.94. The molecule has 0 fully saturated rings. The second kappa shape index (κ2) is 4.10. The van der Waals surface area contributed by atoms with Crippen LogP contribution in [0.1, 0.15) is 5.56 Å². The lowest BCUT2D eigenvalue weighted by Gasteiger charge is -2.07. The minimum Gasteiger partial charge on any atom is -0.397 e. The number of anilines is 1. The molecule has 0 saturated heterocycles. The van der Waals surface area contributed by atoms with Gasteiger partial charge in [-0.15, -0.1) is 0 Å². The Kier molecular flexibility index (Phi) is 2.79. The summed E-state index contributed by atoms with van der Waals surface area (Å²) in [7, 11) is 0. The first-order valence-electron chi connectivity index (χ1n) is 4.75. The summed E-state index contributed by atoms with van der Waals surface area (Å²) in [4.78, 5) is 4.13. The van der Waals surface area contributed by atoms with Gasteiger partial charge in [0.2, 0.25) is 0 Å². The summed E-state index contributed by atoms with van der Waals surface area (Å²) >= 11 is 5.69. The number of halogens is 2. The molecule has 0 spiro atoms. The van der Waals surface area contributed by atoms with Crippen LogP contribution in [0.15, 0.2) is 30.5 Å². The number of hydrogen-bond acceptors (Lipinski definition) is 2. The standard InChI is InChI=1S/C12H10ClFN2/c1-7-4-9(15)6-16-12(7)10-3-2-8(13)5-11(10)14/h2-6H,15H2,1H3. The summed E-state index contributed by atoms with van der Waals surface area (Å²) in [6, 6.07) is 6.28. The summed E-state index contributed by atoms with van der Waals surface area (Å²) in [6.45, 7) is 1.84. The Morgan fingerprint density at radius 3 is 2.69 bits per heavy atom. The minimum absolute atomic E-state index is 0.370. The number of rotatable bonds is 1. The fraction of sp³-hybridized carbons (Fsp3) is 0.0833. The fourth-order valence-corrected chi connectivity index (χ4v) is 1.72. The van der Waals surface area contributed by atoms with Crippen LogP contribution in [0.2, 0.25) is 5.02 Å². The van der Waals surface area contributed by atoms with E-state index in [0.29, 0.717) is 22.0 Å². The van der Waals surface area contributed by atoms with E-state index in [-0.39, 0.29) is 5.82 Å². The van der Waals surface area contributed by atoms with Crippen molar-refractivity contribution in [2.45, 2.75) is 6.92 Å². The normalized spacial score (nSPS) is 10.4. The summed E-state index contributed by atoms with van der Waals surface area (Å²) in [5.74, 6) is -0.382. The third kappa shape index (κ3) is 1.99. The van der Waals surface area contributed by atoms with Crippen LogP contribution < -0.4 is 5.73 Å². The van der Waals surface area contributed by atoms with Crippen LogP contribution in [-0.2, 0) is 0 Å². The Labute approximate surface area is 97.9 Å². The Hall–Kier alpha value is -1.61. The molecule has 1 heterocycles. The highest BCUT2D eigenvalue weighted by Gasteiger charge is 2.09. The Bertz CT molecular complexity index is 491. The van der Waals surface area contributed by atoms with E-state index in [2.05, 4.69) is 4.98 Å². The van der Waals surface area contributed by atoms with Gasteiger partial charge in [0.1, 0.15) is 5.82 Å². The van der Waals surface area contributed by atoms with Gasteiger partial charge in [0, 0.05) is 10.6 Å². The van der Waals surface area contributed by atoms with Gasteiger partial charge in [-0.2, -0.15) is 0 Å². The lowest BCUT2D eigenvalue weighted by molar-refractivity contribution is 0.630. The zero-order chi connectivity index (χ0) is 11.7. The summed E-state index contributed by atoms with van der Waals surface area (Å²) in [6.07, 6.45) is 1.51. The maximum atomic E-state index is 13.7. The van der Waals surface area contributed by atoms with E-state index in [1.807, 2.05) is 6.92 Å². The zero-order valence-corrected chi connectivity index (χ0v) is 9.42. The van der Waals surface area contributed by atoms with Crippen molar-refractivity contribution in [3.63, 3.8) is 0 Å². The topological polar surface area (TPSA) is 38.9 Å². The smallest absolute Gasteiger partial charge is 0.134 e. The van der Waals surface area contributed by atoms with Gasteiger partial charge < -0.3 is 5.73 Å². The number of hydrogen-bond donors (Lipinski definition) is 1. The van der Waals surface area contributed by atoms with Crippen molar-refractivity contribution >= 4 is 17.3 Å². The van der Waals surface area contributed by atoms with Crippen molar-refractivity contribution in [3.8, 4) is 11.3 Å². The van der Waals surface area contributed by atoms with E-state index in [9.17, 15) is 4.39 Å². The molecule has 0 radical (unpaired) electrons. The Morgan fingerprint density at radius 2 is 2.06 bits per heavy atom. The molecule has 0 saturated carbocycles. The molecule has 0 aliphatic carbocycles. The largest absolute Gasteiger partial charge is 0.397 e. The van der Waals surface area contributed by atoms with Crippen molar-refractivity contribution in [2.24, 2.45) is 0 Å². The molecule has 0 atom stereocenters. The second-order valence-electron chi connectivity index (χ2n) is 3.56. The van der Waals surface area contributed by atoms with Crippen LogP contribution in [0.3, 0.4) is 0 Å². The molecule has 0 aliphatic heterocycles. The number of aryl methyl sites for hydroxylation is 1. The van der Waals surface area contributed by atoms with Gasteiger partial charge in [-0.25, -0.2) is 4.39 Å². The monoisotopic (exact) mass is 236 g/mol. The van der Waals surface area contributed by atoms with E-state index in [4.69, 9.17) is 17.3 Å². The molecular formula is C12H10ClFN2. The molecule has 4 heteroatoms. The molecule has 1 aromatic carbocycles. The number of nitrogens with zero attached hydrogens (tertiary/aromatic N) is 1. The first-order chi connectivity index (χ1) is 7.58. The van der Waals surface area contributed by atoms with Crippen LogP contribution in [-0.4, -0.2) is 4.98 Å². The van der Waals surface area contributed by atoms with Gasteiger partial charge in [0.05, 0.1) is 17.6 Å². The van der Waals surface area contributed by atoms with Crippen molar-refractivity contribution in [1.29, 1.82) is 0 Å². The molecule has 82 valence electrons. The number of pyridine rings is 1. The Morgan fingerprint density at radius 1 is 1.31 bits per heavy atom. The molecule has 2 rings (SSSR count). The van der Waals surface area contributed by atoms with Crippen LogP contribution in [0, 0.1) is 12.7 Å². The fourth-order valence-electron chi connectivity index (χ4n) is 1.56. The molecule has 0 bridgehead atoms. The van der Waals surface area contributed by atoms with Gasteiger partial charge in [0.25, 0.3) is 0 Å². The maximum Gasteiger partial charge on any atom is 0.134 e. The van der Waals surface area contributed by atoms with E-state index < -0.39 is 0 Å². The molecule has 0 aliphatic rings. The van der Waals surface area contributed by atoms with Crippen LogP contribution in [0.25, 0.3) is 11.3 Å². The third-order valence-electron chi connectivity index (χ3n) is 2.29. The number of nitrogen functional groups attached to an aromatic ring is 1. The highest BCUT2D eigenvalue weighted by molar-refractivity contribution is 6.30. The molecule has 0 unspecified atom stereocenters. The van der Waals surface area contributed by atoms with E-state index in [1.54, 1.807) is 18.2 Å².